The fourth-order valence-corrected chi connectivity index (χ4v) is 2.79. The third kappa shape index (κ3) is 2.33. The SMILES string of the molecule is CN(C)c1ncccc1NC1CCc2cc(F)ccc21. The Kier molecular flexibility index (Phi) is 3.30. The van der Waals surface area contributed by atoms with Gasteiger partial charge in [-0.2, -0.15) is 0 Å². The van der Waals surface area contributed by atoms with Crippen molar-refractivity contribution in [2.45, 2.75) is 18.9 Å². The van der Waals surface area contributed by atoms with E-state index in [4.69, 9.17) is 0 Å². The van der Waals surface area contributed by atoms with Crippen LogP contribution in [0.4, 0.5) is 15.9 Å². The molecule has 1 aliphatic carbocycles. The van der Waals surface area contributed by atoms with E-state index in [1.807, 2.05) is 37.2 Å². The quantitative estimate of drug-likeness (QED) is 0.927. The number of rotatable bonds is 3. The molecular weight excluding hydrogens is 253 g/mol. The van der Waals surface area contributed by atoms with Crippen molar-refractivity contribution < 1.29 is 4.39 Å². The highest BCUT2D eigenvalue weighted by atomic mass is 19.1. The molecule has 1 aromatic carbocycles. The summed E-state index contributed by atoms with van der Waals surface area (Å²) in [7, 11) is 3.96. The molecule has 1 aliphatic rings. The number of nitrogens with one attached hydrogen (secondary N) is 1. The Balaban J connectivity index is 1.88. The molecule has 0 radical (unpaired) electrons. The second kappa shape index (κ2) is 5.12. The number of anilines is 2. The van der Waals surface area contributed by atoms with Crippen molar-refractivity contribution in [2.75, 3.05) is 24.3 Å². The van der Waals surface area contributed by atoms with Crippen LogP contribution in [0.15, 0.2) is 36.5 Å². The monoisotopic (exact) mass is 271 g/mol. The number of benzene rings is 1. The molecule has 0 amide bonds. The predicted molar refractivity (Wildman–Crippen MR) is 79.6 cm³/mol. The fourth-order valence-electron chi connectivity index (χ4n) is 2.79. The van der Waals surface area contributed by atoms with Crippen LogP contribution in [0.1, 0.15) is 23.6 Å². The zero-order valence-corrected chi connectivity index (χ0v) is 11.7. The first-order chi connectivity index (χ1) is 9.65. The molecule has 1 atom stereocenters. The maximum atomic E-state index is 13.2. The first-order valence-electron chi connectivity index (χ1n) is 6.82. The normalized spacial score (nSPS) is 16.9. The summed E-state index contributed by atoms with van der Waals surface area (Å²) in [6.07, 6.45) is 3.70. The first kappa shape index (κ1) is 12.9. The molecule has 1 aromatic heterocycles. The summed E-state index contributed by atoms with van der Waals surface area (Å²) in [5, 5.41) is 3.54. The van der Waals surface area contributed by atoms with Gasteiger partial charge in [0.1, 0.15) is 5.82 Å². The molecule has 1 N–H and O–H groups in total. The van der Waals surface area contributed by atoms with Gasteiger partial charge in [-0.3, -0.25) is 0 Å². The van der Waals surface area contributed by atoms with Crippen molar-refractivity contribution >= 4 is 11.5 Å². The molecule has 3 rings (SSSR count). The average molecular weight is 271 g/mol. The molecule has 104 valence electrons. The molecule has 0 aliphatic heterocycles. The standard InChI is InChI=1S/C16H18FN3/c1-20(2)16-15(4-3-9-18-16)19-14-8-5-11-10-12(17)6-7-13(11)14/h3-4,6-7,9-10,14,19H,5,8H2,1-2H3. The molecule has 0 fully saturated rings. The number of hydrogen-bond acceptors (Lipinski definition) is 3. The molecule has 2 aromatic rings. The minimum atomic E-state index is -0.153. The topological polar surface area (TPSA) is 28.2 Å². The van der Waals surface area contributed by atoms with Crippen LogP contribution in [0, 0.1) is 5.82 Å². The number of hydrogen-bond donors (Lipinski definition) is 1. The smallest absolute Gasteiger partial charge is 0.151 e. The Morgan fingerprint density at radius 3 is 2.95 bits per heavy atom. The first-order valence-corrected chi connectivity index (χ1v) is 6.82. The third-order valence-corrected chi connectivity index (χ3v) is 3.72. The van der Waals surface area contributed by atoms with E-state index in [9.17, 15) is 4.39 Å². The highest BCUT2D eigenvalue weighted by molar-refractivity contribution is 5.65. The molecule has 3 nitrogen and oxygen atoms in total. The van der Waals surface area contributed by atoms with Crippen molar-refractivity contribution in [2.24, 2.45) is 0 Å². The van der Waals surface area contributed by atoms with Crippen molar-refractivity contribution in [1.29, 1.82) is 0 Å². The highest BCUT2D eigenvalue weighted by Gasteiger charge is 2.23. The van der Waals surface area contributed by atoms with E-state index in [0.717, 1.165) is 29.9 Å². The summed E-state index contributed by atoms with van der Waals surface area (Å²) >= 11 is 0. The Labute approximate surface area is 118 Å². The summed E-state index contributed by atoms with van der Waals surface area (Å²) in [4.78, 5) is 6.38. The molecular formula is C16H18FN3. The lowest BCUT2D eigenvalue weighted by Crippen LogP contribution is -2.15. The van der Waals surface area contributed by atoms with E-state index >= 15 is 0 Å². The van der Waals surface area contributed by atoms with E-state index in [0.29, 0.717) is 0 Å². The number of halogens is 1. The van der Waals surface area contributed by atoms with Gasteiger partial charge in [-0.15, -0.1) is 0 Å². The minimum Gasteiger partial charge on any atom is -0.375 e. The second-order valence-electron chi connectivity index (χ2n) is 5.35. The summed E-state index contributed by atoms with van der Waals surface area (Å²) in [5.74, 6) is 0.767. The highest BCUT2D eigenvalue weighted by Crippen LogP contribution is 2.35. The number of nitrogens with zero attached hydrogens (tertiary/aromatic N) is 2. The van der Waals surface area contributed by atoms with Crippen LogP contribution in [0.25, 0.3) is 0 Å². The third-order valence-electron chi connectivity index (χ3n) is 3.72. The van der Waals surface area contributed by atoms with Gasteiger partial charge in [-0.25, -0.2) is 9.37 Å². The van der Waals surface area contributed by atoms with E-state index in [-0.39, 0.29) is 11.9 Å². The van der Waals surface area contributed by atoms with Gasteiger partial charge in [-0.05, 0) is 48.2 Å². The van der Waals surface area contributed by atoms with E-state index in [1.54, 1.807) is 12.3 Å². The summed E-state index contributed by atoms with van der Waals surface area (Å²) in [6.45, 7) is 0. The maximum absolute atomic E-state index is 13.2. The van der Waals surface area contributed by atoms with Crippen LogP contribution in [0.3, 0.4) is 0 Å². The van der Waals surface area contributed by atoms with Crippen molar-refractivity contribution in [1.82, 2.24) is 4.98 Å². The fraction of sp³-hybridized carbons (Fsp3) is 0.312. The van der Waals surface area contributed by atoms with Crippen molar-refractivity contribution in [3.05, 3.63) is 53.5 Å². The van der Waals surface area contributed by atoms with Gasteiger partial charge in [0.25, 0.3) is 0 Å². The Hall–Kier alpha value is -2.10. The Morgan fingerprint density at radius 2 is 2.15 bits per heavy atom. The van der Waals surface area contributed by atoms with Crippen LogP contribution in [-0.2, 0) is 6.42 Å². The van der Waals surface area contributed by atoms with Gasteiger partial charge in [0, 0.05) is 20.3 Å². The second-order valence-corrected chi connectivity index (χ2v) is 5.35. The summed E-state index contributed by atoms with van der Waals surface area (Å²) in [6, 6.07) is 9.26. The molecule has 0 bridgehead atoms. The average Bonchev–Trinajstić information content (AvgIpc) is 2.81. The molecule has 0 spiro atoms. The van der Waals surface area contributed by atoms with Crippen LogP contribution < -0.4 is 10.2 Å². The Morgan fingerprint density at radius 1 is 1.30 bits per heavy atom. The molecule has 0 saturated heterocycles. The van der Waals surface area contributed by atoms with Gasteiger partial charge >= 0.3 is 0 Å². The molecule has 20 heavy (non-hydrogen) atoms. The molecule has 4 heteroatoms. The van der Waals surface area contributed by atoms with Crippen LogP contribution in [-0.4, -0.2) is 19.1 Å². The molecule has 1 unspecified atom stereocenters. The van der Waals surface area contributed by atoms with Gasteiger partial charge in [0.05, 0.1) is 11.7 Å². The van der Waals surface area contributed by atoms with E-state index in [1.165, 1.54) is 11.6 Å². The van der Waals surface area contributed by atoms with Gasteiger partial charge in [0.2, 0.25) is 0 Å². The summed E-state index contributed by atoms with van der Waals surface area (Å²) < 4.78 is 13.2. The summed E-state index contributed by atoms with van der Waals surface area (Å²) in [5.41, 5.74) is 3.32. The lowest BCUT2D eigenvalue weighted by Gasteiger charge is -2.21. The number of pyridine rings is 1. The molecule has 1 heterocycles. The van der Waals surface area contributed by atoms with E-state index < -0.39 is 0 Å². The minimum absolute atomic E-state index is 0.153. The zero-order chi connectivity index (χ0) is 14.1. The number of aryl methyl sites for hydroxylation is 1. The Bertz CT molecular complexity index is 625. The van der Waals surface area contributed by atoms with Crippen LogP contribution >= 0.6 is 0 Å². The number of fused-ring (bicyclic) bond motifs is 1. The zero-order valence-electron chi connectivity index (χ0n) is 11.7. The maximum Gasteiger partial charge on any atom is 0.151 e. The molecule has 0 saturated carbocycles. The van der Waals surface area contributed by atoms with Gasteiger partial charge in [-0.1, -0.05) is 6.07 Å². The van der Waals surface area contributed by atoms with Gasteiger partial charge in [0.15, 0.2) is 5.82 Å². The van der Waals surface area contributed by atoms with Crippen LogP contribution in [0.2, 0.25) is 0 Å². The lowest BCUT2D eigenvalue weighted by atomic mass is 10.1. The van der Waals surface area contributed by atoms with Crippen molar-refractivity contribution in [3.8, 4) is 0 Å². The number of aromatic nitrogens is 1. The van der Waals surface area contributed by atoms with Crippen molar-refractivity contribution in [3.63, 3.8) is 0 Å². The van der Waals surface area contributed by atoms with Gasteiger partial charge < -0.3 is 10.2 Å². The predicted octanol–water partition coefficient (Wildman–Crippen LogP) is 3.39. The van der Waals surface area contributed by atoms with Crippen LogP contribution in [0.5, 0.6) is 0 Å². The lowest BCUT2D eigenvalue weighted by molar-refractivity contribution is 0.626. The largest absolute Gasteiger partial charge is 0.375 e. The van der Waals surface area contributed by atoms with E-state index in [2.05, 4.69) is 10.3 Å².